The van der Waals surface area contributed by atoms with E-state index in [1.54, 1.807) is 0 Å². The fourth-order valence-corrected chi connectivity index (χ4v) is 6.03. The summed E-state index contributed by atoms with van der Waals surface area (Å²) in [6.45, 7) is 0.949. The van der Waals surface area contributed by atoms with Crippen molar-refractivity contribution in [2.24, 2.45) is 0 Å². The van der Waals surface area contributed by atoms with Crippen molar-refractivity contribution in [3.63, 3.8) is 0 Å². The second-order valence-corrected chi connectivity index (χ2v) is 10.6. The number of esters is 1. The molecule has 1 saturated heterocycles. The average Bonchev–Trinajstić information content (AvgIpc) is 3.09. The van der Waals surface area contributed by atoms with Crippen LogP contribution in [0, 0.1) is 0 Å². The van der Waals surface area contributed by atoms with Crippen LogP contribution in [0.3, 0.4) is 0 Å². The molecule has 3 rings (SSSR count). The fourth-order valence-electron chi connectivity index (χ4n) is 4.01. The standard InChI is InChI=1S/C23H31ClN2O5S/c24-20-11-10-19(16-21(20)32(29,30)26-14-6-1-2-7-15-26)23(28)31-17-22(27)25-13-12-18-8-4-3-5-9-18/h8,10-11,16H,1-7,9,12-15,17H2,(H,25,27). The third-order valence-corrected chi connectivity index (χ3v) is 8.22. The first-order valence-electron chi connectivity index (χ1n) is 11.3. The van der Waals surface area contributed by atoms with E-state index >= 15 is 0 Å². The lowest BCUT2D eigenvalue weighted by Gasteiger charge is -2.21. The molecular formula is C23H31ClN2O5S. The minimum absolute atomic E-state index is 0.0444. The van der Waals surface area contributed by atoms with Gasteiger partial charge in [0.25, 0.3) is 5.91 Å². The summed E-state index contributed by atoms with van der Waals surface area (Å²) in [7, 11) is -3.82. The zero-order valence-corrected chi connectivity index (χ0v) is 19.8. The summed E-state index contributed by atoms with van der Waals surface area (Å²) in [6.07, 6.45) is 11.2. The molecular weight excluding hydrogens is 452 g/mol. The number of sulfonamides is 1. The molecule has 1 amide bonds. The Balaban J connectivity index is 1.56. The highest BCUT2D eigenvalue weighted by atomic mass is 35.5. The molecule has 1 aromatic rings. The summed E-state index contributed by atoms with van der Waals surface area (Å²) in [5.74, 6) is -1.15. The quantitative estimate of drug-likeness (QED) is 0.445. The number of hydrogen-bond donors (Lipinski definition) is 1. The van der Waals surface area contributed by atoms with Crippen LogP contribution in [0.2, 0.25) is 5.02 Å². The molecule has 32 heavy (non-hydrogen) atoms. The maximum absolute atomic E-state index is 13.1. The lowest BCUT2D eigenvalue weighted by molar-refractivity contribution is -0.124. The van der Waals surface area contributed by atoms with Gasteiger partial charge < -0.3 is 10.1 Å². The number of benzene rings is 1. The SMILES string of the molecule is O=C(COC(=O)c1ccc(Cl)c(S(=O)(=O)N2CCCCCC2)c1)NCCC1=CCCCC1. The highest BCUT2D eigenvalue weighted by Gasteiger charge is 2.28. The topological polar surface area (TPSA) is 92.8 Å². The molecule has 0 bridgehead atoms. The van der Waals surface area contributed by atoms with E-state index in [0.717, 1.165) is 44.9 Å². The van der Waals surface area contributed by atoms with Crippen molar-refractivity contribution >= 4 is 33.5 Å². The molecule has 7 nitrogen and oxygen atoms in total. The minimum Gasteiger partial charge on any atom is -0.452 e. The van der Waals surface area contributed by atoms with Gasteiger partial charge in [-0.2, -0.15) is 4.31 Å². The van der Waals surface area contributed by atoms with Crippen molar-refractivity contribution < 1.29 is 22.7 Å². The van der Waals surface area contributed by atoms with E-state index in [-0.39, 0.29) is 21.4 Å². The van der Waals surface area contributed by atoms with Crippen LogP contribution in [-0.2, 0) is 19.6 Å². The van der Waals surface area contributed by atoms with Gasteiger partial charge in [0, 0.05) is 19.6 Å². The zero-order valence-electron chi connectivity index (χ0n) is 18.3. The Morgan fingerprint density at radius 2 is 1.81 bits per heavy atom. The molecule has 9 heteroatoms. The number of ether oxygens (including phenoxy) is 1. The third kappa shape index (κ3) is 6.80. The van der Waals surface area contributed by atoms with Gasteiger partial charge >= 0.3 is 5.97 Å². The first kappa shape index (κ1) is 24.7. The average molecular weight is 483 g/mol. The van der Waals surface area contributed by atoms with Crippen molar-refractivity contribution in [1.29, 1.82) is 0 Å². The van der Waals surface area contributed by atoms with E-state index in [2.05, 4.69) is 11.4 Å². The maximum atomic E-state index is 13.1. The van der Waals surface area contributed by atoms with Gasteiger partial charge in [-0.15, -0.1) is 0 Å². The molecule has 1 heterocycles. The second-order valence-electron chi connectivity index (χ2n) is 8.25. The highest BCUT2D eigenvalue weighted by Crippen LogP contribution is 2.28. The number of halogens is 1. The number of allylic oxidation sites excluding steroid dienone is 1. The van der Waals surface area contributed by atoms with E-state index in [1.807, 2.05) is 0 Å². The predicted octanol–water partition coefficient (Wildman–Crippen LogP) is 4.07. The van der Waals surface area contributed by atoms with E-state index in [4.69, 9.17) is 16.3 Å². The molecule has 1 fully saturated rings. The van der Waals surface area contributed by atoms with E-state index in [1.165, 1.54) is 40.9 Å². The van der Waals surface area contributed by atoms with Crippen LogP contribution >= 0.6 is 11.6 Å². The number of carbonyl (C=O) groups excluding carboxylic acids is 2. The van der Waals surface area contributed by atoms with Crippen molar-refractivity contribution in [2.75, 3.05) is 26.2 Å². The molecule has 0 unspecified atom stereocenters. The van der Waals surface area contributed by atoms with Crippen LogP contribution in [0.5, 0.6) is 0 Å². The van der Waals surface area contributed by atoms with Crippen molar-refractivity contribution in [3.8, 4) is 0 Å². The number of carbonyl (C=O) groups is 2. The molecule has 2 aliphatic rings. The van der Waals surface area contributed by atoms with Crippen LogP contribution in [0.25, 0.3) is 0 Å². The predicted molar refractivity (Wildman–Crippen MR) is 123 cm³/mol. The van der Waals surface area contributed by atoms with Crippen LogP contribution in [0.15, 0.2) is 34.7 Å². The smallest absolute Gasteiger partial charge is 0.338 e. The number of nitrogens with zero attached hydrogens (tertiary/aromatic N) is 1. The number of nitrogens with one attached hydrogen (secondary N) is 1. The fraction of sp³-hybridized carbons (Fsp3) is 0.565. The van der Waals surface area contributed by atoms with Crippen LogP contribution in [-0.4, -0.2) is 50.8 Å². The Bertz CT molecular complexity index is 953. The Morgan fingerprint density at radius 3 is 2.50 bits per heavy atom. The largest absolute Gasteiger partial charge is 0.452 e. The van der Waals surface area contributed by atoms with Gasteiger partial charge in [-0.1, -0.05) is 36.1 Å². The van der Waals surface area contributed by atoms with E-state index in [9.17, 15) is 18.0 Å². The first-order valence-corrected chi connectivity index (χ1v) is 13.1. The highest BCUT2D eigenvalue weighted by molar-refractivity contribution is 7.89. The summed E-state index contributed by atoms with van der Waals surface area (Å²) in [5, 5.41) is 2.81. The monoisotopic (exact) mass is 482 g/mol. The van der Waals surface area contributed by atoms with Crippen LogP contribution in [0.1, 0.15) is 68.1 Å². The molecule has 1 N–H and O–H groups in total. The number of rotatable bonds is 8. The summed E-state index contributed by atoms with van der Waals surface area (Å²) < 4.78 is 32.7. The minimum atomic E-state index is -3.82. The van der Waals surface area contributed by atoms with Gasteiger partial charge in [0.1, 0.15) is 4.90 Å². The molecule has 1 aliphatic carbocycles. The van der Waals surface area contributed by atoms with Crippen molar-refractivity contribution in [1.82, 2.24) is 9.62 Å². The maximum Gasteiger partial charge on any atom is 0.338 e. The summed E-state index contributed by atoms with van der Waals surface area (Å²) in [4.78, 5) is 24.3. The van der Waals surface area contributed by atoms with Crippen molar-refractivity contribution in [3.05, 3.63) is 40.4 Å². The molecule has 1 aliphatic heterocycles. The molecule has 0 atom stereocenters. The Morgan fingerprint density at radius 1 is 1.06 bits per heavy atom. The molecule has 0 radical (unpaired) electrons. The second kappa shape index (κ2) is 11.8. The molecule has 1 aromatic carbocycles. The zero-order chi connectivity index (χ0) is 23.0. The van der Waals surface area contributed by atoms with Crippen LogP contribution in [0.4, 0.5) is 0 Å². The van der Waals surface area contributed by atoms with Gasteiger partial charge in [-0.25, -0.2) is 13.2 Å². The third-order valence-electron chi connectivity index (χ3n) is 5.84. The van der Waals surface area contributed by atoms with Gasteiger partial charge in [-0.05, 0) is 63.1 Å². The first-order chi connectivity index (χ1) is 15.4. The van der Waals surface area contributed by atoms with Gasteiger partial charge in [0.05, 0.1) is 10.6 Å². The normalized spacial score (nSPS) is 17.8. The molecule has 0 spiro atoms. The Hall–Kier alpha value is -1.90. The van der Waals surface area contributed by atoms with Gasteiger partial charge in [0.15, 0.2) is 6.61 Å². The lowest BCUT2D eigenvalue weighted by atomic mass is 9.97. The summed E-state index contributed by atoms with van der Waals surface area (Å²) in [6, 6.07) is 4.01. The number of hydrogen-bond acceptors (Lipinski definition) is 5. The lowest BCUT2D eigenvalue weighted by Crippen LogP contribution is -2.32. The molecule has 176 valence electrons. The number of amides is 1. The Labute approximate surface area is 195 Å². The van der Waals surface area contributed by atoms with E-state index in [0.29, 0.717) is 19.6 Å². The molecule has 0 aromatic heterocycles. The summed E-state index contributed by atoms with van der Waals surface area (Å²) in [5.41, 5.74) is 1.40. The van der Waals surface area contributed by atoms with Gasteiger partial charge in [-0.3, -0.25) is 4.79 Å². The summed E-state index contributed by atoms with van der Waals surface area (Å²) >= 11 is 6.17. The van der Waals surface area contributed by atoms with Crippen molar-refractivity contribution in [2.45, 2.75) is 62.7 Å². The van der Waals surface area contributed by atoms with Crippen LogP contribution < -0.4 is 5.32 Å². The van der Waals surface area contributed by atoms with E-state index < -0.39 is 22.6 Å². The molecule has 0 saturated carbocycles. The Kier molecular flexibility index (Phi) is 9.13. The van der Waals surface area contributed by atoms with Gasteiger partial charge in [0.2, 0.25) is 10.0 Å².